The summed E-state index contributed by atoms with van der Waals surface area (Å²) in [4.78, 5) is 7.80. The minimum Gasteiger partial charge on any atom is -0.385 e. The van der Waals surface area contributed by atoms with E-state index in [0.29, 0.717) is 0 Å². The van der Waals surface area contributed by atoms with E-state index < -0.39 is 0 Å². The van der Waals surface area contributed by atoms with Crippen molar-refractivity contribution in [3.05, 3.63) is 20.8 Å². The van der Waals surface area contributed by atoms with Crippen LogP contribution in [0.25, 0.3) is 0 Å². The maximum Gasteiger partial charge on any atom is 0.191 e. The smallest absolute Gasteiger partial charge is 0.191 e. The summed E-state index contributed by atoms with van der Waals surface area (Å²) >= 11 is 5.20. The first-order chi connectivity index (χ1) is 10.2. The molecule has 0 aliphatic rings. The van der Waals surface area contributed by atoms with Gasteiger partial charge in [0, 0.05) is 45.3 Å². The van der Waals surface area contributed by atoms with Gasteiger partial charge < -0.3 is 20.3 Å². The van der Waals surface area contributed by atoms with Crippen LogP contribution in [0.1, 0.15) is 11.3 Å². The van der Waals surface area contributed by atoms with Crippen LogP contribution in [0, 0.1) is 0 Å². The summed E-state index contributed by atoms with van der Waals surface area (Å²) in [6.07, 6.45) is 1.06. The van der Waals surface area contributed by atoms with E-state index in [1.807, 2.05) is 0 Å². The highest BCUT2D eigenvalue weighted by atomic mass is 127. The third-order valence-electron chi connectivity index (χ3n) is 2.96. The zero-order valence-electron chi connectivity index (χ0n) is 13.4. The predicted octanol–water partition coefficient (Wildman–Crippen LogP) is 2.76. The number of hydrogen-bond donors (Lipinski definition) is 2. The molecule has 0 aliphatic carbocycles. The second-order valence-electron chi connectivity index (χ2n) is 4.71. The van der Waals surface area contributed by atoms with Gasteiger partial charge in [0.25, 0.3) is 0 Å². The molecule has 0 saturated heterocycles. The van der Waals surface area contributed by atoms with Crippen LogP contribution in [0.4, 0.5) is 0 Å². The highest BCUT2D eigenvalue weighted by Gasteiger charge is 2.02. The number of rotatable bonds is 9. The van der Waals surface area contributed by atoms with Gasteiger partial charge in [-0.15, -0.1) is 35.3 Å². The summed E-state index contributed by atoms with van der Waals surface area (Å²) in [5.41, 5.74) is 0. The molecular weight excluding hydrogens is 479 g/mol. The predicted molar refractivity (Wildman–Crippen MR) is 110 cm³/mol. The Kier molecular flexibility index (Phi) is 13.6. The Morgan fingerprint density at radius 2 is 2.14 bits per heavy atom. The highest BCUT2D eigenvalue weighted by Crippen LogP contribution is 2.21. The topological polar surface area (TPSA) is 48.9 Å². The second kappa shape index (κ2) is 13.5. The Morgan fingerprint density at radius 3 is 2.73 bits per heavy atom. The Labute approximate surface area is 163 Å². The average molecular weight is 505 g/mol. The van der Waals surface area contributed by atoms with E-state index in [-0.39, 0.29) is 24.0 Å². The normalized spacial score (nSPS) is 11.4. The molecule has 0 aliphatic heterocycles. The Bertz CT molecular complexity index is 431. The zero-order valence-corrected chi connectivity index (χ0v) is 18.1. The summed E-state index contributed by atoms with van der Waals surface area (Å²) in [5.74, 6) is 0.838. The van der Waals surface area contributed by atoms with Crippen molar-refractivity contribution in [2.45, 2.75) is 13.0 Å². The number of methoxy groups -OCH3 is 1. The van der Waals surface area contributed by atoms with Gasteiger partial charge in [0.15, 0.2) is 5.96 Å². The van der Waals surface area contributed by atoms with Crippen molar-refractivity contribution >= 4 is 57.2 Å². The molecule has 1 aromatic rings. The molecule has 0 atom stereocenters. The largest absolute Gasteiger partial charge is 0.385 e. The lowest BCUT2D eigenvalue weighted by atomic mass is 10.4. The Morgan fingerprint density at radius 1 is 1.36 bits per heavy atom. The molecule has 0 saturated carbocycles. The van der Waals surface area contributed by atoms with E-state index in [2.05, 4.69) is 55.6 Å². The molecule has 1 aromatic heterocycles. The van der Waals surface area contributed by atoms with Gasteiger partial charge in [0.05, 0.1) is 10.3 Å². The van der Waals surface area contributed by atoms with Crippen LogP contribution in [0.2, 0.25) is 0 Å². The van der Waals surface area contributed by atoms with Gasteiger partial charge in [-0.1, -0.05) is 0 Å². The molecular formula is C14H26BrIN4OS. The highest BCUT2D eigenvalue weighted by molar-refractivity contribution is 14.0. The van der Waals surface area contributed by atoms with Crippen LogP contribution in [0.15, 0.2) is 20.9 Å². The van der Waals surface area contributed by atoms with Crippen molar-refractivity contribution in [3.63, 3.8) is 0 Å². The van der Waals surface area contributed by atoms with E-state index in [1.165, 1.54) is 4.88 Å². The van der Waals surface area contributed by atoms with Gasteiger partial charge in [0.1, 0.15) is 0 Å². The molecule has 1 rings (SSSR count). The van der Waals surface area contributed by atoms with E-state index in [9.17, 15) is 0 Å². The number of likely N-dealkylation sites (N-methyl/N-ethyl adjacent to an activating group) is 1. The molecule has 0 amide bonds. The second-order valence-corrected chi connectivity index (χ2v) is 7.26. The van der Waals surface area contributed by atoms with Crippen LogP contribution in [0.3, 0.4) is 0 Å². The molecule has 0 spiro atoms. The van der Waals surface area contributed by atoms with Crippen LogP contribution < -0.4 is 10.6 Å². The van der Waals surface area contributed by atoms with Crippen molar-refractivity contribution in [1.29, 1.82) is 0 Å². The third-order valence-corrected chi connectivity index (χ3v) is 4.58. The van der Waals surface area contributed by atoms with Crippen molar-refractivity contribution in [3.8, 4) is 0 Å². The number of ether oxygens (including phenoxy) is 1. The lowest BCUT2D eigenvalue weighted by Gasteiger charge is -2.18. The molecule has 0 unspecified atom stereocenters. The molecule has 0 fully saturated rings. The van der Waals surface area contributed by atoms with E-state index in [1.54, 1.807) is 25.5 Å². The van der Waals surface area contributed by atoms with Gasteiger partial charge in [-0.25, -0.2) is 0 Å². The molecule has 0 aromatic carbocycles. The molecule has 22 heavy (non-hydrogen) atoms. The summed E-state index contributed by atoms with van der Waals surface area (Å²) < 4.78 is 6.21. The SMILES string of the molecule is CN=C(NCCN(C)CCCOC)NCc1ccc(Br)s1.I. The average Bonchev–Trinajstić information content (AvgIpc) is 2.88. The number of halogens is 2. The van der Waals surface area contributed by atoms with Crippen molar-refractivity contribution in [2.75, 3.05) is 47.4 Å². The lowest BCUT2D eigenvalue weighted by Crippen LogP contribution is -2.40. The van der Waals surface area contributed by atoms with Crippen LogP contribution in [-0.4, -0.2) is 58.3 Å². The molecule has 5 nitrogen and oxygen atoms in total. The molecule has 1 heterocycles. The number of nitrogens with one attached hydrogen (secondary N) is 2. The van der Waals surface area contributed by atoms with Crippen molar-refractivity contribution < 1.29 is 4.74 Å². The Hall–Kier alpha value is 0.1000. The minimum absolute atomic E-state index is 0. The number of guanidine groups is 1. The summed E-state index contributed by atoms with van der Waals surface area (Å²) in [7, 11) is 5.65. The van der Waals surface area contributed by atoms with Gasteiger partial charge in [0.2, 0.25) is 0 Å². The van der Waals surface area contributed by atoms with Gasteiger partial charge in [-0.2, -0.15) is 0 Å². The number of aliphatic imine (C=N–C) groups is 1. The number of thiophene rings is 1. The number of hydrogen-bond acceptors (Lipinski definition) is 4. The quantitative estimate of drug-likeness (QED) is 0.235. The third kappa shape index (κ3) is 9.98. The van der Waals surface area contributed by atoms with E-state index >= 15 is 0 Å². The first kappa shape index (κ1) is 22.1. The van der Waals surface area contributed by atoms with Gasteiger partial charge >= 0.3 is 0 Å². The molecule has 0 bridgehead atoms. The monoisotopic (exact) mass is 504 g/mol. The fourth-order valence-corrected chi connectivity index (χ4v) is 3.22. The van der Waals surface area contributed by atoms with E-state index in [0.717, 1.165) is 49.0 Å². The molecule has 2 N–H and O–H groups in total. The van der Waals surface area contributed by atoms with Crippen molar-refractivity contribution in [1.82, 2.24) is 15.5 Å². The van der Waals surface area contributed by atoms with Gasteiger partial charge in [-0.3, -0.25) is 4.99 Å². The van der Waals surface area contributed by atoms with Crippen LogP contribution >= 0.6 is 51.2 Å². The van der Waals surface area contributed by atoms with Crippen LogP contribution in [0.5, 0.6) is 0 Å². The molecule has 8 heteroatoms. The lowest BCUT2D eigenvalue weighted by molar-refractivity contribution is 0.180. The van der Waals surface area contributed by atoms with Crippen LogP contribution in [-0.2, 0) is 11.3 Å². The first-order valence-electron chi connectivity index (χ1n) is 7.02. The fourth-order valence-electron chi connectivity index (χ4n) is 1.79. The first-order valence-corrected chi connectivity index (χ1v) is 8.63. The zero-order chi connectivity index (χ0) is 15.5. The number of nitrogens with zero attached hydrogens (tertiary/aromatic N) is 2. The summed E-state index contributed by atoms with van der Waals surface area (Å²) in [6.45, 7) is 4.51. The molecule has 0 radical (unpaired) electrons. The Balaban J connectivity index is 0.00000441. The van der Waals surface area contributed by atoms with E-state index in [4.69, 9.17) is 4.74 Å². The fraction of sp³-hybridized carbons (Fsp3) is 0.643. The maximum atomic E-state index is 5.05. The molecule has 128 valence electrons. The van der Waals surface area contributed by atoms with Gasteiger partial charge in [-0.05, 0) is 41.5 Å². The minimum atomic E-state index is 0. The maximum absolute atomic E-state index is 5.05. The summed E-state index contributed by atoms with van der Waals surface area (Å²) in [6, 6.07) is 4.17. The standard InChI is InChI=1S/C14H25BrN4OS.HI/c1-16-14(18-11-12-5-6-13(15)21-12)17-7-9-19(2)8-4-10-20-3;/h5-6H,4,7-11H2,1-3H3,(H2,16,17,18);1H. The summed E-state index contributed by atoms with van der Waals surface area (Å²) in [5, 5.41) is 6.64. The van der Waals surface area contributed by atoms with Crippen molar-refractivity contribution in [2.24, 2.45) is 4.99 Å².